The zero-order valence-corrected chi connectivity index (χ0v) is 17.2. The smallest absolute Gasteiger partial charge is 0.0631 e. The van der Waals surface area contributed by atoms with E-state index in [0.717, 1.165) is 6.61 Å². The summed E-state index contributed by atoms with van der Waals surface area (Å²) in [5.74, 6) is 0. The molecule has 0 amide bonds. The van der Waals surface area contributed by atoms with Crippen molar-refractivity contribution in [2.75, 3.05) is 6.61 Å². The lowest BCUT2D eigenvalue weighted by Gasteiger charge is -2.38. The molecule has 2 rings (SSSR count). The lowest BCUT2D eigenvalue weighted by molar-refractivity contribution is -0.0488. The summed E-state index contributed by atoms with van der Waals surface area (Å²) in [5.41, 5.74) is 3.47. The molecule has 0 saturated carbocycles. The summed E-state index contributed by atoms with van der Waals surface area (Å²) >= 11 is 0. The Balaban J connectivity index is 2.13. The van der Waals surface area contributed by atoms with Crippen molar-refractivity contribution in [3.63, 3.8) is 0 Å². The van der Waals surface area contributed by atoms with Crippen LogP contribution in [0.4, 0.5) is 0 Å². The standard InChI is InChI=1S/C24H42O/c1-21-13-11-14-22(2)16-17-23-24(3,19-12-15-21)18-9-7-5-4-6-8-10-20-25-23/h14-15,23H,4-13,16-20H2,1-3H3. The van der Waals surface area contributed by atoms with E-state index in [1.807, 2.05) is 0 Å². The summed E-state index contributed by atoms with van der Waals surface area (Å²) in [4.78, 5) is 0. The molecule has 1 fully saturated rings. The molecule has 0 aromatic rings. The molecule has 2 unspecified atom stereocenters. The van der Waals surface area contributed by atoms with Crippen LogP contribution in [0.3, 0.4) is 0 Å². The van der Waals surface area contributed by atoms with E-state index < -0.39 is 0 Å². The van der Waals surface area contributed by atoms with Crippen molar-refractivity contribution < 1.29 is 4.74 Å². The van der Waals surface area contributed by atoms with Crippen molar-refractivity contribution >= 4 is 0 Å². The molecule has 0 radical (unpaired) electrons. The lowest BCUT2D eigenvalue weighted by atomic mass is 9.73. The first-order valence-corrected chi connectivity index (χ1v) is 11.0. The van der Waals surface area contributed by atoms with Crippen LogP contribution in [0.25, 0.3) is 0 Å². The molecule has 1 aliphatic carbocycles. The van der Waals surface area contributed by atoms with Crippen molar-refractivity contribution in [1.29, 1.82) is 0 Å². The first-order valence-electron chi connectivity index (χ1n) is 11.0. The topological polar surface area (TPSA) is 9.23 Å². The second-order valence-electron chi connectivity index (χ2n) is 8.96. The number of fused-ring (bicyclic) bond motifs is 1. The summed E-state index contributed by atoms with van der Waals surface area (Å²) in [5, 5.41) is 0. The Morgan fingerprint density at radius 3 is 2.24 bits per heavy atom. The Morgan fingerprint density at radius 2 is 1.44 bits per heavy atom. The van der Waals surface area contributed by atoms with Gasteiger partial charge in [-0.1, -0.05) is 68.7 Å². The minimum atomic E-state index is 0.343. The summed E-state index contributed by atoms with van der Waals surface area (Å²) in [6.45, 7) is 8.12. The van der Waals surface area contributed by atoms with E-state index in [1.54, 1.807) is 11.1 Å². The minimum Gasteiger partial charge on any atom is -0.378 e. The van der Waals surface area contributed by atoms with Gasteiger partial charge in [0.15, 0.2) is 0 Å². The summed E-state index contributed by atoms with van der Waals surface area (Å²) in [7, 11) is 0. The van der Waals surface area contributed by atoms with Gasteiger partial charge in [0.25, 0.3) is 0 Å². The van der Waals surface area contributed by atoms with Crippen LogP contribution in [-0.4, -0.2) is 12.7 Å². The van der Waals surface area contributed by atoms with Gasteiger partial charge in [0, 0.05) is 6.61 Å². The van der Waals surface area contributed by atoms with E-state index in [9.17, 15) is 0 Å². The maximum Gasteiger partial charge on any atom is 0.0631 e. The van der Waals surface area contributed by atoms with E-state index >= 15 is 0 Å². The predicted octanol–water partition coefficient (Wildman–Crippen LogP) is 7.76. The maximum absolute atomic E-state index is 6.55. The third-order valence-corrected chi connectivity index (χ3v) is 6.53. The third-order valence-electron chi connectivity index (χ3n) is 6.53. The van der Waals surface area contributed by atoms with Crippen LogP contribution < -0.4 is 0 Å². The van der Waals surface area contributed by atoms with Crippen LogP contribution in [0.15, 0.2) is 23.3 Å². The quantitative estimate of drug-likeness (QED) is 0.407. The second kappa shape index (κ2) is 11.2. The van der Waals surface area contributed by atoms with Crippen molar-refractivity contribution in [2.45, 2.75) is 117 Å². The molecule has 25 heavy (non-hydrogen) atoms. The Hall–Kier alpha value is -0.560. The van der Waals surface area contributed by atoms with E-state index in [1.165, 1.54) is 89.9 Å². The molecule has 2 aliphatic rings. The highest BCUT2D eigenvalue weighted by molar-refractivity contribution is 5.05. The monoisotopic (exact) mass is 346 g/mol. The molecule has 0 N–H and O–H groups in total. The molecule has 0 bridgehead atoms. The van der Waals surface area contributed by atoms with Gasteiger partial charge in [-0.15, -0.1) is 0 Å². The van der Waals surface area contributed by atoms with E-state index in [4.69, 9.17) is 4.74 Å². The van der Waals surface area contributed by atoms with Gasteiger partial charge < -0.3 is 4.74 Å². The highest BCUT2D eigenvalue weighted by Gasteiger charge is 2.34. The fraction of sp³-hybridized carbons (Fsp3) is 0.833. The van der Waals surface area contributed by atoms with Gasteiger partial charge in [0.2, 0.25) is 0 Å². The SMILES string of the molecule is CC1=CCCC2(C)CCCCCCCCCOC2CCC(C)=CCC1. The van der Waals surface area contributed by atoms with Crippen molar-refractivity contribution in [2.24, 2.45) is 5.41 Å². The molecule has 1 saturated heterocycles. The second-order valence-corrected chi connectivity index (χ2v) is 8.96. The van der Waals surface area contributed by atoms with E-state index in [2.05, 4.69) is 32.9 Å². The number of ether oxygens (including phenoxy) is 1. The van der Waals surface area contributed by atoms with Gasteiger partial charge in [-0.25, -0.2) is 0 Å². The molecule has 1 nitrogen and oxygen atoms in total. The Kier molecular flexibility index (Phi) is 9.31. The summed E-state index contributed by atoms with van der Waals surface area (Å²) < 4.78 is 6.55. The molecule has 2 atom stereocenters. The average molecular weight is 347 g/mol. The van der Waals surface area contributed by atoms with Gasteiger partial charge in [-0.3, -0.25) is 0 Å². The highest BCUT2D eigenvalue weighted by Crippen LogP contribution is 2.39. The van der Waals surface area contributed by atoms with Crippen LogP contribution >= 0.6 is 0 Å². The maximum atomic E-state index is 6.55. The Bertz CT molecular complexity index is 433. The predicted molar refractivity (Wildman–Crippen MR) is 110 cm³/mol. The van der Waals surface area contributed by atoms with Crippen molar-refractivity contribution in [1.82, 2.24) is 0 Å². The van der Waals surface area contributed by atoms with Crippen LogP contribution in [0.1, 0.15) is 111 Å². The van der Waals surface area contributed by atoms with Crippen molar-refractivity contribution in [3.8, 4) is 0 Å². The van der Waals surface area contributed by atoms with Gasteiger partial charge in [0.1, 0.15) is 0 Å². The van der Waals surface area contributed by atoms with E-state index in [0.29, 0.717) is 11.5 Å². The molecular weight excluding hydrogens is 304 g/mol. The van der Waals surface area contributed by atoms with Crippen LogP contribution in [-0.2, 0) is 4.74 Å². The molecule has 1 heterocycles. The molecule has 1 heteroatoms. The fourth-order valence-corrected chi connectivity index (χ4v) is 4.58. The Labute approximate surface area is 157 Å². The summed E-state index contributed by atoms with van der Waals surface area (Å²) in [6, 6.07) is 0. The molecule has 0 aromatic carbocycles. The summed E-state index contributed by atoms with van der Waals surface area (Å²) in [6.07, 6.45) is 23.8. The van der Waals surface area contributed by atoms with Crippen LogP contribution in [0.2, 0.25) is 0 Å². The van der Waals surface area contributed by atoms with Crippen molar-refractivity contribution in [3.05, 3.63) is 23.3 Å². The van der Waals surface area contributed by atoms with E-state index in [-0.39, 0.29) is 0 Å². The third kappa shape index (κ3) is 7.69. The number of hydrogen-bond acceptors (Lipinski definition) is 1. The molecule has 0 spiro atoms. The lowest BCUT2D eigenvalue weighted by Crippen LogP contribution is -2.35. The number of allylic oxidation sites excluding steroid dienone is 4. The fourth-order valence-electron chi connectivity index (χ4n) is 4.58. The van der Waals surface area contributed by atoms with Gasteiger partial charge in [0.05, 0.1) is 6.10 Å². The van der Waals surface area contributed by atoms with Gasteiger partial charge in [-0.2, -0.15) is 0 Å². The van der Waals surface area contributed by atoms with Crippen LogP contribution in [0, 0.1) is 5.41 Å². The first kappa shape index (κ1) is 20.7. The zero-order valence-electron chi connectivity index (χ0n) is 17.2. The molecule has 0 aromatic heterocycles. The normalized spacial score (nSPS) is 31.9. The molecular formula is C24H42O. The zero-order chi connectivity index (χ0) is 18.0. The first-order chi connectivity index (χ1) is 12.1. The average Bonchev–Trinajstić information content (AvgIpc) is 2.57. The van der Waals surface area contributed by atoms with Crippen LogP contribution in [0.5, 0.6) is 0 Å². The van der Waals surface area contributed by atoms with Gasteiger partial charge in [-0.05, 0) is 70.6 Å². The largest absolute Gasteiger partial charge is 0.378 e. The highest BCUT2D eigenvalue weighted by atomic mass is 16.5. The minimum absolute atomic E-state index is 0.343. The Morgan fingerprint density at radius 1 is 0.800 bits per heavy atom. The van der Waals surface area contributed by atoms with Gasteiger partial charge >= 0.3 is 0 Å². The number of rotatable bonds is 0. The molecule has 1 aliphatic heterocycles. The molecule has 144 valence electrons. The number of hydrogen-bond donors (Lipinski definition) is 0.